The van der Waals surface area contributed by atoms with Crippen LogP contribution >= 0.6 is 0 Å². The SMILES string of the molecule is Cn1cc(-c2cc3nc(-c4cncn4C)n(-c4cc(N5CCOCC5)c5c(c4)n(C)c(=O)n5C)c3cc2C#N)cn1. The molecule has 0 radical (unpaired) electrons. The Morgan fingerprint density at radius 3 is 2.46 bits per heavy atom. The molecule has 12 nitrogen and oxygen atoms in total. The molecule has 41 heavy (non-hydrogen) atoms. The average Bonchev–Trinajstić information content (AvgIpc) is 3.75. The first kappa shape index (κ1) is 24.9. The second-order valence-corrected chi connectivity index (χ2v) is 10.4. The number of fused-ring (bicyclic) bond motifs is 2. The normalized spacial score (nSPS) is 13.9. The number of anilines is 1. The molecule has 4 aromatic heterocycles. The number of hydrogen-bond donors (Lipinski definition) is 0. The highest BCUT2D eigenvalue weighted by Gasteiger charge is 2.24. The predicted octanol–water partition coefficient (Wildman–Crippen LogP) is 2.73. The number of aryl methyl sites for hydroxylation is 4. The maximum absolute atomic E-state index is 13.1. The lowest BCUT2D eigenvalue weighted by Crippen LogP contribution is -2.36. The largest absolute Gasteiger partial charge is 0.378 e. The van der Waals surface area contributed by atoms with Gasteiger partial charge in [0.1, 0.15) is 5.69 Å². The van der Waals surface area contributed by atoms with E-state index in [4.69, 9.17) is 9.72 Å². The van der Waals surface area contributed by atoms with E-state index in [1.807, 2.05) is 43.1 Å². The van der Waals surface area contributed by atoms with Crippen molar-refractivity contribution in [2.75, 3.05) is 31.2 Å². The van der Waals surface area contributed by atoms with Crippen molar-refractivity contribution in [3.05, 3.63) is 65.2 Å². The Balaban J connectivity index is 1.57. The molecule has 1 aliphatic heterocycles. The van der Waals surface area contributed by atoms with Gasteiger partial charge in [0.15, 0.2) is 5.82 Å². The third-order valence-corrected chi connectivity index (χ3v) is 7.91. The minimum absolute atomic E-state index is 0.0955. The van der Waals surface area contributed by atoms with E-state index in [1.165, 1.54) is 0 Å². The zero-order chi connectivity index (χ0) is 28.4. The van der Waals surface area contributed by atoms with Crippen LogP contribution in [0, 0.1) is 11.3 Å². The van der Waals surface area contributed by atoms with E-state index in [2.05, 4.69) is 31.7 Å². The van der Waals surface area contributed by atoms with E-state index in [1.54, 1.807) is 46.6 Å². The summed E-state index contributed by atoms with van der Waals surface area (Å²) < 4.78 is 14.7. The highest BCUT2D eigenvalue weighted by Crippen LogP contribution is 2.37. The van der Waals surface area contributed by atoms with Gasteiger partial charge in [-0.1, -0.05) is 0 Å². The maximum Gasteiger partial charge on any atom is 0.328 e. The lowest BCUT2D eigenvalue weighted by atomic mass is 10.0. The first-order chi connectivity index (χ1) is 19.9. The molecule has 0 spiro atoms. The van der Waals surface area contributed by atoms with Gasteiger partial charge in [-0.05, 0) is 24.3 Å². The average molecular weight is 549 g/mol. The molecule has 1 aliphatic rings. The summed E-state index contributed by atoms with van der Waals surface area (Å²) in [4.78, 5) is 24.8. The van der Waals surface area contributed by atoms with E-state index in [-0.39, 0.29) is 5.69 Å². The van der Waals surface area contributed by atoms with Crippen molar-refractivity contribution in [1.29, 1.82) is 5.26 Å². The third-order valence-electron chi connectivity index (χ3n) is 7.91. The van der Waals surface area contributed by atoms with Crippen molar-refractivity contribution in [2.45, 2.75) is 0 Å². The number of nitrogens with zero attached hydrogens (tertiary/aromatic N) is 10. The number of aromatic nitrogens is 8. The van der Waals surface area contributed by atoms with Crippen LogP contribution < -0.4 is 10.6 Å². The Morgan fingerprint density at radius 1 is 0.976 bits per heavy atom. The van der Waals surface area contributed by atoms with E-state index in [0.29, 0.717) is 37.7 Å². The van der Waals surface area contributed by atoms with Crippen LogP contribution in [0.1, 0.15) is 5.56 Å². The van der Waals surface area contributed by atoms with E-state index >= 15 is 0 Å². The van der Waals surface area contributed by atoms with E-state index < -0.39 is 0 Å². The number of nitriles is 1. The number of hydrogen-bond acceptors (Lipinski definition) is 7. The minimum atomic E-state index is -0.0955. The van der Waals surface area contributed by atoms with Crippen LogP contribution in [0.2, 0.25) is 0 Å². The fraction of sp³-hybridized carbons (Fsp3) is 0.276. The number of imidazole rings is 3. The van der Waals surface area contributed by atoms with Crippen LogP contribution in [-0.4, -0.2) is 64.3 Å². The van der Waals surface area contributed by atoms with Gasteiger partial charge in [0.2, 0.25) is 0 Å². The molecule has 2 aromatic carbocycles. The molecular weight excluding hydrogens is 520 g/mol. The van der Waals surface area contributed by atoms with Gasteiger partial charge in [-0.3, -0.25) is 18.4 Å². The van der Waals surface area contributed by atoms with E-state index in [9.17, 15) is 10.1 Å². The fourth-order valence-corrected chi connectivity index (χ4v) is 5.81. The molecule has 7 rings (SSSR count). The van der Waals surface area contributed by atoms with Crippen molar-refractivity contribution in [1.82, 2.24) is 38.0 Å². The molecule has 206 valence electrons. The van der Waals surface area contributed by atoms with Crippen molar-refractivity contribution in [3.8, 4) is 34.4 Å². The van der Waals surface area contributed by atoms with Gasteiger partial charge in [0, 0.05) is 58.6 Å². The first-order valence-corrected chi connectivity index (χ1v) is 13.3. The summed E-state index contributed by atoms with van der Waals surface area (Å²) in [5.41, 5.74) is 7.82. The topological polar surface area (TPSA) is 117 Å². The molecule has 6 aromatic rings. The quantitative estimate of drug-likeness (QED) is 0.333. The third kappa shape index (κ3) is 3.77. The maximum atomic E-state index is 13.1. The van der Waals surface area contributed by atoms with Gasteiger partial charge in [0.05, 0.1) is 77.0 Å². The van der Waals surface area contributed by atoms with Crippen LogP contribution in [0.15, 0.2) is 54.0 Å². The van der Waals surface area contributed by atoms with Crippen LogP contribution in [0.25, 0.3) is 50.4 Å². The lowest BCUT2D eigenvalue weighted by molar-refractivity contribution is 0.123. The van der Waals surface area contributed by atoms with Crippen molar-refractivity contribution < 1.29 is 4.74 Å². The second kappa shape index (κ2) is 9.21. The Bertz CT molecular complexity index is 2070. The lowest BCUT2D eigenvalue weighted by Gasteiger charge is -2.30. The van der Waals surface area contributed by atoms with Crippen LogP contribution in [0.4, 0.5) is 5.69 Å². The van der Waals surface area contributed by atoms with Crippen molar-refractivity contribution in [3.63, 3.8) is 0 Å². The number of benzene rings is 2. The first-order valence-electron chi connectivity index (χ1n) is 13.3. The molecule has 0 saturated carbocycles. The van der Waals surface area contributed by atoms with Gasteiger partial charge in [0.25, 0.3) is 0 Å². The molecule has 0 atom stereocenters. The number of morpholine rings is 1. The smallest absolute Gasteiger partial charge is 0.328 e. The van der Waals surface area contributed by atoms with Crippen molar-refractivity contribution in [2.24, 2.45) is 28.2 Å². The summed E-state index contributed by atoms with van der Waals surface area (Å²) in [6.07, 6.45) is 7.16. The Labute approximate surface area is 234 Å². The van der Waals surface area contributed by atoms with Gasteiger partial charge in [-0.15, -0.1) is 0 Å². The zero-order valence-corrected chi connectivity index (χ0v) is 23.2. The van der Waals surface area contributed by atoms with E-state index in [0.717, 1.165) is 50.3 Å². The predicted molar refractivity (Wildman–Crippen MR) is 155 cm³/mol. The monoisotopic (exact) mass is 548 g/mol. The Kier molecular flexibility index (Phi) is 5.58. The van der Waals surface area contributed by atoms with Gasteiger partial charge in [-0.25, -0.2) is 14.8 Å². The van der Waals surface area contributed by atoms with Crippen LogP contribution in [0.5, 0.6) is 0 Å². The summed E-state index contributed by atoms with van der Waals surface area (Å²) in [7, 11) is 7.38. The highest BCUT2D eigenvalue weighted by molar-refractivity contribution is 5.95. The molecule has 0 unspecified atom stereocenters. The molecular formula is C29H28N10O2. The van der Waals surface area contributed by atoms with Gasteiger partial charge >= 0.3 is 5.69 Å². The summed E-state index contributed by atoms with van der Waals surface area (Å²) in [5, 5.41) is 14.5. The number of rotatable bonds is 4. The zero-order valence-electron chi connectivity index (χ0n) is 23.2. The molecule has 1 fully saturated rings. The Hall–Kier alpha value is -5.15. The Morgan fingerprint density at radius 2 is 1.78 bits per heavy atom. The molecule has 0 bridgehead atoms. The molecule has 0 aliphatic carbocycles. The summed E-state index contributed by atoms with van der Waals surface area (Å²) in [5.74, 6) is 0.681. The van der Waals surface area contributed by atoms with Gasteiger partial charge in [-0.2, -0.15) is 10.4 Å². The fourth-order valence-electron chi connectivity index (χ4n) is 5.81. The molecule has 5 heterocycles. The van der Waals surface area contributed by atoms with Crippen LogP contribution in [-0.2, 0) is 32.9 Å². The van der Waals surface area contributed by atoms with Crippen LogP contribution in [0.3, 0.4) is 0 Å². The molecule has 0 N–H and O–H groups in total. The van der Waals surface area contributed by atoms with Crippen molar-refractivity contribution >= 4 is 27.8 Å². The standard InChI is InChI=1S/C29H28N10O2/c1-34-17-31-15-26(34)28-33-22-12-21(19-14-32-35(2)16-19)18(13-30)9-23(22)39(28)20-10-24-27(37(4)29(40)36(24)3)25(11-20)38-5-7-41-8-6-38/h9-12,14-17H,5-8H2,1-4H3. The number of ether oxygens (including phenoxy) is 1. The molecule has 0 amide bonds. The summed E-state index contributed by atoms with van der Waals surface area (Å²) in [6.45, 7) is 2.66. The minimum Gasteiger partial charge on any atom is -0.378 e. The second-order valence-electron chi connectivity index (χ2n) is 10.4. The molecule has 12 heteroatoms. The highest BCUT2D eigenvalue weighted by atomic mass is 16.5. The molecule has 1 saturated heterocycles. The van der Waals surface area contributed by atoms with Gasteiger partial charge < -0.3 is 14.2 Å². The summed E-state index contributed by atoms with van der Waals surface area (Å²) >= 11 is 0. The summed E-state index contributed by atoms with van der Waals surface area (Å²) in [6, 6.07) is 10.3.